The lowest BCUT2D eigenvalue weighted by atomic mass is 10.1. The van der Waals surface area contributed by atoms with Gasteiger partial charge in [0.1, 0.15) is 11.6 Å². The minimum atomic E-state index is -4.42. The Balaban J connectivity index is 1.44. The first kappa shape index (κ1) is 21.1. The Morgan fingerprint density at radius 3 is 2.55 bits per heavy atom. The molecule has 0 bridgehead atoms. The van der Waals surface area contributed by atoms with Crippen LogP contribution in [0.1, 0.15) is 22.3 Å². The number of pyridine rings is 1. The van der Waals surface area contributed by atoms with Gasteiger partial charge in [-0.15, -0.1) is 0 Å². The number of alkyl halides is 3. The smallest absolute Gasteiger partial charge is 0.417 e. The van der Waals surface area contributed by atoms with Gasteiger partial charge in [0.2, 0.25) is 0 Å². The molecule has 31 heavy (non-hydrogen) atoms. The number of carbonyl (C=O) groups excluding carboxylic acids is 2. The first-order valence-corrected chi connectivity index (χ1v) is 9.82. The second kappa shape index (κ2) is 8.18. The second-order valence-electron chi connectivity index (χ2n) is 7.45. The zero-order valence-corrected chi connectivity index (χ0v) is 16.9. The third-order valence-corrected chi connectivity index (χ3v) is 5.51. The van der Waals surface area contributed by atoms with Crippen LogP contribution in [0.15, 0.2) is 36.5 Å². The Kier molecular flexibility index (Phi) is 5.57. The summed E-state index contributed by atoms with van der Waals surface area (Å²) in [7, 11) is 1.52. The number of hydrogen-bond acceptors (Lipinski definition) is 6. The van der Waals surface area contributed by atoms with Crippen LogP contribution < -0.4 is 14.5 Å². The standard InChI is InChI=1S/C21H21F3N4O3/c1-31-15-4-5-16-17(11-15)28(20(30)19(16)29)13-26-7-2-8-27(10-9-26)18-6-3-14(12-25-18)21(22,23)24/h3-6,11-12H,2,7-10,13H2,1H3. The van der Waals surface area contributed by atoms with E-state index >= 15 is 0 Å². The summed E-state index contributed by atoms with van der Waals surface area (Å²) in [5.74, 6) is -0.0733. The number of amides is 1. The molecule has 0 radical (unpaired) electrons. The molecule has 2 aliphatic heterocycles. The zero-order chi connectivity index (χ0) is 22.2. The molecule has 0 saturated carbocycles. The number of anilines is 2. The van der Waals surface area contributed by atoms with Crippen LogP contribution >= 0.6 is 0 Å². The number of ketones is 1. The van der Waals surface area contributed by atoms with Gasteiger partial charge in [0.15, 0.2) is 0 Å². The number of halogens is 3. The van der Waals surface area contributed by atoms with E-state index < -0.39 is 23.4 Å². The van der Waals surface area contributed by atoms with Crippen molar-refractivity contribution in [2.45, 2.75) is 12.6 Å². The van der Waals surface area contributed by atoms with Crippen molar-refractivity contribution in [2.24, 2.45) is 0 Å². The monoisotopic (exact) mass is 434 g/mol. The molecule has 0 unspecified atom stereocenters. The fourth-order valence-corrected chi connectivity index (χ4v) is 3.82. The maximum absolute atomic E-state index is 12.8. The normalized spacial score (nSPS) is 17.7. The molecule has 1 fully saturated rings. The number of nitrogens with zero attached hydrogens (tertiary/aromatic N) is 4. The topological polar surface area (TPSA) is 66.0 Å². The van der Waals surface area contributed by atoms with Gasteiger partial charge in [-0.05, 0) is 30.7 Å². The molecule has 1 aromatic heterocycles. The van der Waals surface area contributed by atoms with Gasteiger partial charge < -0.3 is 9.64 Å². The number of carbonyl (C=O) groups is 2. The van der Waals surface area contributed by atoms with Crippen molar-refractivity contribution in [3.63, 3.8) is 0 Å². The fraction of sp³-hybridized carbons (Fsp3) is 0.381. The first-order chi connectivity index (χ1) is 14.8. The predicted molar refractivity (Wildman–Crippen MR) is 107 cm³/mol. The fourth-order valence-electron chi connectivity index (χ4n) is 3.82. The average Bonchev–Trinajstić information content (AvgIpc) is 2.92. The molecule has 7 nitrogen and oxygen atoms in total. The van der Waals surface area contributed by atoms with E-state index in [0.29, 0.717) is 49.0 Å². The van der Waals surface area contributed by atoms with E-state index in [1.807, 2.05) is 9.80 Å². The lowest BCUT2D eigenvalue weighted by Crippen LogP contribution is -2.42. The summed E-state index contributed by atoms with van der Waals surface area (Å²) >= 11 is 0. The zero-order valence-electron chi connectivity index (χ0n) is 16.9. The SMILES string of the molecule is COc1ccc2c(c1)N(CN1CCCN(c3ccc(C(F)(F)F)cn3)CC1)C(=O)C2=O. The Morgan fingerprint density at radius 2 is 1.87 bits per heavy atom. The van der Waals surface area contributed by atoms with Crippen LogP contribution in [-0.2, 0) is 11.0 Å². The molecule has 1 amide bonds. The summed E-state index contributed by atoms with van der Waals surface area (Å²) in [4.78, 5) is 34.2. The molecular formula is C21H21F3N4O3. The number of Topliss-reactive ketones (excluding diaryl/α,β-unsaturated/α-hetero) is 1. The molecule has 0 aliphatic carbocycles. The van der Waals surface area contributed by atoms with Crippen LogP contribution in [0.3, 0.4) is 0 Å². The van der Waals surface area contributed by atoms with E-state index in [9.17, 15) is 22.8 Å². The van der Waals surface area contributed by atoms with Crippen LogP contribution in [0, 0.1) is 0 Å². The van der Waals surface area contributed by atoms with Gasteiger partial charge in [0.05, 0.1) is 30.6 Å². The largest absolute Gasteiger partial charge is 0.497 e. The van der Waals surface area contributed by atoms with Crippen molar-refractivity contribution in [1.29, 1.82) is 0 Å². The summed E-state index contributed by atoms with van der Waals surface area (Å²) in [5, 5.41) is 0. The number of rotatable bonds is 4. The van der Waals surface area contributed by atoms with E-state index in [1.165, 1.54) is 18.1 Å². The number of methoxy groups -OCH3 is 1. The molecular weight excluding hydrogens is 413 g/mol. The molecule has 2 aliphatic rings. The number of hydrogen-bond donors (Lipinski definition) is 0. The van der Waals surface area contributed by atoms with E-state index in [0.717, 1.165) is 18.7 Å². The van der Waals surface area contributed by atoms with Crippen molar-refractivity contribution in [3.8, 4) is 5.75 Å². The van der Waals surface area contributed by atoms with Gasteiger partial charge in [0, 0.05) is 38.4 Å². The third-order valence-electron chi connectivity index (χ3n) is 5.51. The quantitative estimate of drug-likeness (QED) is 0.690. The second-order valence-corrected chi connectivity index (χ2v) is 7.45. The molecule has 3 heterocycles. The van der Waals surface area contributed by atoms with Crippen molar-refractivity contribution in [3.05, 3.63) is 47.7 Å². The average molecular weight is 434 g/mol. The van der Waals surface area contributed by atoms with E-state index in [2.05, 4.69) is 4.98 Å². The lowest BCUT2D eigenvalue weighted by Gasteiger charge is -2.27. The Labute approximate surface area is 177 Å². The summed E-state index contributed by atoms with van der Waals surface area (Å²) in [6.07, 6.45) is -2.83. The van der Waals surface area contributed by atoms with Crippen LogP contribution in [-0.4, -0.2) is 61.5 Å². The Morgan fingerprint density at radius 1 is 1.06 bits per heavy atom. The van der Waals surface area contributed by atoms with Crippen LogP contribution in [0.4, 0.5) is 24.7 Å². The Bertz CT molecular complexity index is 994. The molecule has 0 atom stereocenters. The van der Waals surface area contributed by atoms with Gasteiger partial charge >= 0.3 is 12.1 Å². The van der Waals surface area contributed by atoms with Crippen LogP contribution in [0.25, 0.3) is 0 Å². The maximum Gasteiger partial charge on any atom is 0.417 e. The number of aromatic nitrogens is 1. The van der Waals surface area contributed by atoms with E-state index in [1.54, 1.807) is 18.2 Å². The highest BCUT2D eigenvalue weighted by Crippen LogP contribution is 2.33. The highest BCUT2D eigenvalue weighted by atomic mass is 19.4. The molecule has 1 saturated heterocycles. The van der Waals surface area contributed by atoms with Gasteiger partial charge in [-0.25, -0.2) is 4.98 Å². The molecule has 0 N–H and O–H groups in total. The number of fused-ring (bicyclic) bond motifs is 1. The summed E-state index contributed by atoms with van der Waals surface area (Å²) < 4.78 is 43.5. The molecule has 164 valence electrons. The molecule has 4 rings (SSSR count). The van der Waals surface area contributed by atoms with Crippen LogP contribution in [0.2, 0.25) is 0 Å². The van der Waals surface area contributed by atoms with E-state index in [4.69, 9.17) is 4.74 Å². The number of ether oxygens (including phenoxy) is 1. The van der Waals surface area contributed by atoms with Gasteiger partial charge in [-0.2, -0.15) is 13.2 Å². The molecule has 1 aromatic carbocycles. The highest BCUT2D eigenvalue weighted by molar-refractivity contribution is 6.52. The third kappa shape index (κ3) is 4.20. The van der Waals surface area contributed by atoms with Crippen molar-refractivity contribution in [2.75, 3.05) is 49.8 Å². The molecule has 2 aromatic rings. The van der Waals surface area contributed by atoms with Crippen LogP contribution in [0.5, 0.6) is 5.75 Å². The van der Waals surface area contributed by atoms with Crippen molar-refractivity contribution < 1.29 is 27.5 Å². The molecule has 10 heteroatoms. The van der Waals surface area contributed by atoms with Gasteiger partial charge in [0.25, 0.3) is 5.78 Å². The number of benzene rings is 1. The van der Waals surface area contributed by atoms with Crippen molar-refractivity contribution in [1.82, 2.24) is 9.88 Å². The first-order valence-electron chi connectivity index (χ1n) is 9.82. The van der Waals surface area contributed by atoms with E-state index in [-0.39, 0.29) is 6.67 Å². The minimum absolute atomic E-state index is 0.249. The highest BCUT2D eigenvalue weighted by Gasteiger charge is 2.37. The van der Waals surface area contributed by atoms with Gasteiger partial charge in [-0.3, -0.25) is 19.4 Å². The summed E-state index contributed by atoms with van der Waals surface area (Å²) in [6, 6.07) is 7.32. The van der Waals surface area contributed by atoms with Gasteiger partial charge in [-0.1, -0.05) is 0 Å². The molecule has 0 spiro atoms. The van der Waals surface area contributed by atoms with Crippen molar-refractivity contribution >= 4 is 23.2 Å². The maximum atomic E-state index is 12.8. The lowest BCUT2D eigenvalue weighted by molar-refractivity contribution is -0.137. The Hall–Kier alpha value is -3.14. The predicted octanol–water partition coefficient (Wildman–Crippen LogP) is 2.81. The summed E-state index contributed by atoms with van der Waals surface area (Å²) in [6.45, 7) is 2.67. The summed E-state index contributed by atoms with van der Waals surface area (Å²) in [5.41, 5.74) is 0.107. The minimum Gasteiger partial charge on any atom is -0.497 e.